The summed E-state index contributed by atoms with van der Waals surface area (Å²) in [7, 11) is 0. The lowest BCUT2D eigenvalue weighted by molar-refractivity contribution is -0.117. The van der Waals surface area contributed by atoms with Gasteiger partial charge < -0.3 is 16.0 Å². The van der Waals surface area contributed by atoms with Gasteiger partial charge in [-0.2, -0.15) is 0 Å². The maximum absolute atomic E-state index is 13.0. The molecule has 2 atom stereocenters. The van der Waals surface area contributed by atoms with Crippen LogP contribution in [0.5, 0.6) is 0 Å². The number of amides is 3. The molecule has 2 aliphatic rings. The van der Waals surface area contributed by atoms with Crippen LogP contribution in [0.3, 0.4) is 0 Å². The molecule has 0 spiro atoms. The van der Waals surface area contributed by atoms with Crippen LogP contribution in [-0.2, 0) is 16.0 Å². The lowest BCUT2D eigenvalue weighted by atomic mass is 10.1. The number of carbonyl (C=O) groups is 3. The first-order valence-electron chi connectivity index (χ1n) is 10.7. The van der Waals surface area contributed by atoms with E-state index in [0.717, 1.165) is 5.56 Å². The number of hydrogen-bond donors (Lipinski definition) is 3. The van der Waals surface area contributed by atoms with Gasteiger partial charge in [0.05, 0.1) is 22.9 Å². The lowest BCUT2D eigenvalue weighted by Crippen LogP contribution is -2.18. The second-order valence-corrected chi connectivity index (χ2v) is 11.3. The molecule has 6 nitrogen and oxygen atoms in total. The van der Waals surface area contributed by atoms with Crippen molar-refractivity contribution in [2.75, 3.05) is 16.0 Å². The molecular weight excluding hydrogens is 568 g/mol. The number of anilines is 3. The largest absolute Gasteiger partial charge is 0.326 e. The number of fused-ring (bicyclic) bond motifs is 1. The highest BCUT2D eigenvalue weighted by Gasteiger charge is 2.67. The summed E-state index contributed by atoms with van der Waals surface area (Å²) in [5.41, 5.74) is 3.17. The maximum atomic E-state index is 13.0. The van der Waals surface area contributed by atoms with E-state index in [1.807, 2.05) is 0 Å². The minimum absolute atomic E-state index is 0.103. The molecule has 3 aromatic rings. The van der Waals surface area contributed by atoms with Crippen LogP contribution in [0.2, 0.25) is 15.1 Å². The summed E-state index contributed by atoms with van der Waals surface area (Å²) in [6, 6.07) is 14.6. The Balaban J connectivity index is 1.31. The van der Waals surface area contributed by atoms with Crippen molar-refractivity contribution in [2.45, 2.75) is 16.7 Å². The van der Waals surface area contributed by atoms with E-state index in [9.17, 15) is 14.4 Å². The SMILES string of the molecule is O=C1Cc2cc(NC(=O)c3cc(NC(=O)C4C(c5cc(Cl)cc(Cl)c5)C4(Cl)Cl)ccc3Cl)ccc2N1. The fraction of sp³-hybridized carbons (Fsp3) is 0.160. The van der Waals surface area contributed by atoms with Crippen LogP contribution in [0.25, 0.3) is 0 Å². The van der Waals surface area contributed by atoms with Crippen LogP contribution in [0.1, 0.15) is 27.4 Å². The van der Waals surface area contributed by atoms with Crippen molar-refractivity contribution in [1.29, 1.82) is 0 Å². The van der Waals surface area contributed by atoms with E-state index in [1.165, 1.54) is 12.1 Å². The third-order valence-corrected chi connectivity index (χ3v) is 7.75. The number of carbonyl (C=O) groups excluding carboxylic acids is 3. The molecule has 3 amide bonds. The minimum Gasteiger partial charge on any atom is -0.326 e. The van der Waals surface area contributed by atoms with E-state index in [2.05, 4.69) is 16.0 Å². The molecule has 1 aliphatic heterocycles. The van der Waals surface area contributed by atoms with Crippen molar-refractivity contribution in [1.82, 2.24) is 0 Å². The molecular formula is C25H16Cl5N3O3. The van der Waals surface area contributed by atoms with Crippen molar-refractivity contribution in [3.05, 3.63) is 86.4 Å². The second-order valence-electron chi connectivity index (χ2n) is 8.57. The number of nitrogens with one attached hydrogen (secondary N) is 3. The van der Waals surface area contributed by atoms with Crippen LogP contribution in [0, 0.1) is 5.92 Å². The number of benzene rings is 3. The third-order valence-electron chi connectivity index (χ3n) is 6.05. The van der Waals surface area contributed by atoms with Crippen molar-refractivity contribution >= 4 is 92.8 Å². The highest BCUT2D eigenvalue weighted by Crippen LogP contribution is 2.65. The van der Waals surface area contributed by atoms with Gasteiger partial charge in [0.2, 0.25) is 11.8 Å². The summed E-state index contributed by atoms with van der Waals surface area (Å²) in [5.74, 6) is -2.27. The smallest absolute Gasteiger partial charge is 0.257 e. The molecule has 1 fully saturated rings. The van der Waals surface area contributed by atoms with Crippen LogP contribution in [0.15, 0.2) is 54.6 Å². The predicted octanol–water partition coefficient (Wildman–Crippen LogP) is 6.92. The Kier molecular flexibility index (Phi) is 6.60. The molecule has 1 saturated carbocycles. The molecule has 0 aromatic heterocycles. The first kappa shape index (κ1) is 25.2. The Morgan fingerprint density at radius 2 is 1.56 bits per heavy atom. The predicted molar refractivity (Wildman–Crippen MR) is 144 cm³/mol. The zero-order chi connectivity index (χ0) is 25.8. The summed E-state index contributed by atoms with van der Waals surface area (Å²) < 4.78 is -1.34. The molecule has 36 heavy (non-hydrogen) atoms. The average molecular weight is 584 g/mol. The van der Waals surface area contributed by atoms with Crippen LogP contribution >= 0.6 is 58.0 Å². The van der Waals surface area contributed by atoms with Crippen molar-refractivity contribution in [2.24, 2.45) is 5.92 Å². The first-order valence-corrected chi connectivity index (χ1v) is 12.6. The van der Waals surface area contributed by atoms with Gasteiger partial charge in [-0.25, -0.2) is 0 Å². The van der Waals surface area contributed by atoms with Crippen LogP contribution in [0.4, 0.5) is 17.1 Å². The van der Waals surface area contributed by atoms with Gasteiger partial charge in [-0.1, -0.05) is 34.8 Å². The van der Waals surface area contributed by atoms with E-state index in [0.29, 0.717) is 32.7 Å². The molecule has 11 heteroatoms. The molecule has 0 bridgehead atoms. The standard InChI is InChI=1S/C25H16Cl5N3O3/c26-13-5-12(6-14(27)9-13)21-22(25(21,29)30)24(36)32-16-1-3-18(28)17(10-16)23(35)31-15-2-4-19-11(7-15)8-20(34)33-19/h1-7,9-10,21-22H,8H2,(H,31,35)(H,32,36)(H,33,34). The monoisotopic (exact) mass is 581 g/mol. The number of alkyl halides is 2. The Morgan fingerprint density at radius 3 is 2.28 bits per heavy atom. The van der Waals surface area contributed by atoms with Gasteiger partial charge in [0.15, 0.2) is 0 Å². The van der Waals surface area contributed by atoms with E-state index in [1.54, 1.807) is 42.5 Å². The summed E-state index contributed by atoms with van der Waals surface area (Å²) in [6.45, 7) is 0. The Morgan fingerprint density at radius 1 is 0.889 bits per heavy atom. The highest BCUT2D eigenvalue weighted by atomic mass is 35.5. The van der Waals surface area contributed by atoms with Gasteiger partial charge in [-0.15, -0.1) is 23.2 Å². The van der Waals surface area contributed by atoms with Gasteiger partial charge in [0.25, 0.3) is 5.91 Å². The molecule has 0 saturated heterocycles. The Hall–Kier alpha value is -2.48. The molecule has 2 unspecified atom stereocenters. The summed E-state index contributed by atoms with van der Waals surface area (Å²) in [5, 5.41) is 9.28. The molecule has 3 aromatic carbocycles. The van der Waals surface area contributed by atoms with E-state index in [4.69, 9.17) is 58.0 Å². The van der Waals surface area contributed by atoms with E-state index in [-0.39, 0.29) is 22.9 Å². The zero-order valence-electron chi connectivity index (χ0n) is 18.2. The van der Waals surface area contributed by atoms with E-state index >= 15 is 0 Å². The normalized spacial score (nSPS) is 19.3. The summed E-state index contributed by atoms with van der Waals surface area (Å²) >= 11 is 31.3. The maximum Gasteiger partial charge on any atom is 0.257 e. The molecule has 1 heterocycles. The van der Waals surface area contributed by atoms with Crippen LogP contribution < -0.4 is 16.0 Å². The number of hydrogen-bond acceptors (Lipinski definition) is 3. The van der Waals surface area contributed by atoms with E-state index < -0.39 is 28.0 Å². The number of halogens is 5. The lowest BCUT2D eigenvalue weighted by Gasteiger charge is -2.11. The molecule has 184 valence electrons. The van der Waals surface area contributed by atoms with Gasteiger partial charge in [-0.3, -0.25) is 14.4 Å². The van der Waals surface area contributed by atoms with Crippen molar-refractivity contribution in [3.63, 3.8) is 0 Å². The summed E-state index contributed by atoms with van der Waals surface area (Å²) in [6.07, 6.45) is 0.244. The first-order chi connectivity index (χ1) is 17.0. The van der Waals surface area contributed by atoms with Gasteiger partial charge >= 0.3 is 0 Å². The molecule has 1 aliphatic carbocycles. The molecule has 3 N–H and O–H groups in total. The minimum atomic E-state index is -1.34. The highest BCUT2D eigenvalue weighted by molar-refractivity contribution is 6.53. The van der Waals surface area contributed by atoms with Gasteiger partial charge in [0, 0.05) is 33.0 Å². The van der Waals surface area contributed by atoms with Crippen molar-refractivity contribution < 1.29 is 14.4 Å². The molecule has 0 radical (unpaired) electrons. The molecule has 5 rings (SSSR count). The fourth-order valence-corrected chi connectivity index (χ4v) is 5.90. The quantitative estimate of drug-likeness (QED) is 0.285. The van der Waals surface area contributed by atoms with Crippen molar-refractivity contribution in [3.8, 4) is 0 Å². The zero-order valence-corrected chi connectivity index (χ0v) is 22.0. The third kappa shape index (κ3) is 4.89. The Labute approximate surface area is 231 Å². The average Bonchev–Trinajstić information content (AvgIpc) is 3.18. The topological polar surface area (TPSA) is 87.3 Å². The fourth-order valence-electron chi connectivity index (χ4n) is 4.32. The van der Waals surface area contributed by atoms with Gasteiger partial charge in [0.1, 0.15) is 4.33 Å². The number of rotatable bonds is 5. The van der Waals surface area contributed by atoms with Gasteiger partial charge in [-0.05, 0) is 65.7 Å². The second kappa shape index (κ2) is 9.43. The summed E-state index contributed by atoms with van der Waals surface area (Å²) in [4.78, 5) is 37.5. The van der Waals surface area contributed by atoms with Crippen LogP contribution in [-0.4, -0.2) is 22.1 Å². The Bertz CT molecular complexity index is 1420.